The van der Waals surface area contributed by atoms with Crippen molar-refractivity contribution in [3.8, 4) is 28.6 Å². The van der Waals surface area contributed by atoms with Crippen LogP contribution in [-0.4, -0.2) is 74.6 Å². The predicted molar refractivity (Wildman–Crippen MR) is 139 cm³/mol. The average Bonchev–Trinajstić information content (AvgIpc) is 3.31. The molecule has 1 aliphatic rings. The van der Waals surface area contributed by atoms with Crippen molar-refractivity contribution in [2.24, 2.45) is 0 Å². The van der Waals surface area contributed by atoms with Gasteiger partial charge in [0.2, 0.25) is 12.2 Å². The molecule has 0 amide bonds. The van der Waals surface area contributed by atoms with Crippen molar-refractivity contribution >= 4 is 0 Å². The number of aliphatic hydroxyl groups excluding tert-OH is 4. The summed E-state index contributed by atoms with van der Waals surface area (Å²) in [6, 6.07) is 22.8. The predicted octanol–water partition coefficient (Wildman–Crippen LogP) is 2.46. The van der Waals surface area contributed by atoms with E-state index in [2.05, 4.69) is 5.10 Å². The maximum atomic E-state index is 14.3. The Morgan fingerprint density at radius 3 is 2.33 bits per heavy atom. The van der Waals surface area contributed by atoms with Gasteiger partial charge in [-0.3, -0.25) is 0 Å². The molecule has 0 unspecified atom stereocenters. The number of aromatic nitrogens is 2. The molecular formula is C29H29FN2O7. The minimum Gasteiger partial charge on any atom is -0.497 e. The summed E-state index contributed by atoms with van der Waals surface area (Å²) in [6.07, 6.45) is -7.06. The molecule has 1 fully saturated rings. The van der Waals surface area contributed by atoms with Crippen molar-refractivity contribution < 1.29 is 39.0 Å². The Bertz CT molecular complexity index is 1390. The van der Waals surface area contributed by atoms with Crippen LogP contribution in [0.2, 0.25) is 0 Å². The van der Waals surface area contributed by atoms with Gasteiger partial charge in [0.25, 0.3) is 0 Å². The van der Waals surface area contributed by atoms with Crippen LogP contribution in [0.1, 0.15) is 11.1 Å². The van der Waals surface area contributed by atoms with Gasteiger partial charge in [-0.15, -0.1) is 5.10 Å². The first-order valence-electron chi connectivity index (χ1n) is 12.4. The Labute approximate surface area is 224 Å². The summed E-state index contributed by atoms with van der Waals surface area (Å²) in [5.74, 6) is 0.309. The molecule has 3 aromatic carbocycles. The summed E-state index contributed by atoms with van der Waals surface area (Å²) in [4.78, 5) is 0. The lowest BCUT2D eigenvalue weighted by atomic mass is 9.99. The Morgan fingerprint density at radius 1 is 0.923 bits per heavy atom. The maximum absolute atomic E-state index is 14.3. The maximum Gasteiger partial charge on any atom is 0.239 e. The first-order chi connectivity index (χ1) is 18.9. The fourth-order valence-corrected chi connectivity index (χ4v) is 4.59. The van der Waals surface area contributed by atoms with Crippen LogP contribution in [-0.2, 0) is 11.2 Å². The highest BCUT2D eigenvalue weighted by molar-refractivity contribution is 5.69. The molecule has 4 N–H and O–H groups in total. The Kier molecular flexibility index (Phi) is 7.92. The highest BCUT2D eigenvalue weighted by Gasteiger charge is 2.45. The zero-order chi connectivity index (χ0) is 27.5. The van der Waals surface area contributed by atoms with E-state index in [0.717, 1.165) is 11.1 Å². The molecule has 0 spiro atoms. The van der Waals surface area contributed by atoms with E-state index < -0.39 is 43.1 Å². The van der Waals surface area contributed by atoms with Gasteiger partial charge < -0.3 is 34.6 Å². The molecule has 0 bridgehead atoms. The van der Waals surface area contributed by atoms with Crippen LogP contribution in [0.5, 0.6) is 11.6 Å². The molecule has 4 aromatic rings. The molecule has 39 heavy (non-hydrogen) atoms. The van der Waals surface area contributed by atoms with E-state index in [1.807, 2.05) is 54.6 Å². The van der Waals surface area contributed by atoms with E-state index in [1.165, 1.54) is 12.1 Å². The quantitative estimate of drug-likeness (QED) is 0.271. The lowest BCUT2D eigenvalue weighted by Gasteiger charge is -2.39. The summed E-state index contributed by atoms with van der Waals surface area (Å²) >= 11 is 0. The van der Waals surface area contributed by atoms with Crippen molar-refractivity contribution in [3.05, 3.63) is 95.8 Å². The van der Waals surface area contributed by atoms with Crippen molar-refractivity contribution in [1.29, 1.82) is 0 Å². The lowest BCUT2D eigenvalue weighted by Crippen LogP contribution is -2.60. The number of benzene rings is 3. The van der Waals surface area contributed by atoms with Crippen LogP contribution < -0.4 is 9.47 Å². The smallest absolute Gasteiger partial charge is 0.239 e. The molecule has 5 rings (SSSR count). The molecule has 0 aliphatic carbocycles. The monoisotopic (exact) mass is 536 g/mol. The Morgan fingerprint density at radius 2 is 1.67 bits per heavy atom. The number of hydrogen-bond donors (Lipinski definition) is 4. The van der Waals surface area contributed by atoms with E-state index in [4.69, 9.17) is 14.2 Å². The van der Waals surface area contributed by atoms with Crippen LogP contribution in [0.15, 0.2) is 78.9 Å². The molecule has 10 heteroatoms. The molecule has 0 saturated carbocycles. The largest absolute Gasteiger partial charge is 0.497 e. The molecular weight excluding hydrogens is 507 g/mol. The van der Waals surface area contributed by atoms with Crippen LogP contribution >= 0.6 is 0 Å². The van der Waals surface area contributed by atoms with E-state index in [0.29, 0.717) is 29.1 Å². The normalized spacial score (nSPS) is 23.0. The number of hydrogen-bond acceptors (Lipinski definition) is 8. The number of methoxy groups -OCH3 is 1. The molecule has 5 atom stereocenters. The Hall–Kier alpha value is -3.80. The van der Waals surface area contributed by atoms with Gasteiger partial charge in [-0.25, -0.2) is 9.07 Å². The topological polar surface area (TPSA) is 126 Å². The number of nitrogens with zero attached hydrogens (tertiary/aromatic N) is 2. The zero-order valence-electron chi connectivity index (χ0n) is 21.1. The third-order valence-electron chi connectivity index (χ3n) is 6.66. The second-order valence-corrected chi connectivity index (χ2v) is 9.23. The number of halogens is 1. The summed E-state index contributed by atoms with van der Waals surface area (Å²) in [7, 11) is 1.58. The molecule has 2 heterocycles. The highest BCUT2D eigenvalue weighted by Crippen LogP contribution is 2.37. The Balaban J connectivity index is 1.65. The van der Waals surface area contributed by atoms with Crippen LogP contribution in [0.4, 0.5) is 4.39 Å². The molecule has 0 radical (unpaired) electrons. The van der Waals surface area contributed by atoms with Gasteiger partial charge in [0.15, 0.2) is 0 Å². The molecule has 1 aliphatic heterocycles. The first-order valence-corrected chi connectivity index (χ1v) is 12.4. The van der Waals surface area contributed by atoms with Gasteiger partial charge in [-0.05, 0) is 35.9 Å². The molecule has 1 aromatic heterocycles. The van der Waals surface area contributed by atoms with E-state index in [-0.39, 0.29) is 5.88 Å². The van der Waals surface area contributed by atoms with Gasteiger partial charge in [-0.2, -0.15) is 0 Å². The van der Waals surface area contributed by atoms with E-state index in [9.17, 15) is 24.8 Å². The number of rotatable bonds is 8. The van der Waals surface area contributed by atoms with Gasteiger partial charge >= 0.3 is 0 Å². The summed E-state index contributed by atoms with van der Waals surface area (Å²) in [5, 5.41) is 45.4. The average molecular weight is 537 g/mol. The molecule has 1 saturated heterocycles. The van der Waals surface area contributed by atoms with Crippen LogP contribution in [0, 0.1) is 5.82 Å². The summed E-state index contributed by atoms with van der Waals surface area (Å²) in [5.41, 5.74) is 3.34. The van der Waals surface area contributed by atoms with Gasteiger partial charge in [0.05, 0.1) is 25.1 Å². The lowest BCUT2D eigenvalue weighted by molar-refractivity contribution is -0.278. The number of aliphatic hydroxyl groups is 4. The zero-order valence-corrected chi connectivity index (χ0v) is 21.1. The second-order valence-electron chi connectivity index (χ2n) is 9.23. The summed E-state index contributed by atoms with van der Waals surface area (Å²) < 4.78 is 32.8. The second kappa shape index (κ2) is 11.5. The highest BCUT2D eigenvalue weighted by atomic mass is 19.1. The molecule has 204 valence electrons. The third kappa shape index (κ3) is 5.51. The van der Waals surface area contributed by atoms with Gasteiger partial charge in [0.1, 0.15) is 36.0 Å². The minimum atomic E-state index is -1.63. The fraction of sp³-hybridized carbons (Fsp3) is 0.276. The van der Waals surface area contributed by atoms with Crippen molar-refractivity contribution in [3.63, 3.8) is 0 Å². The van der Waals surface area contributed by atoms with Gasteiger partial charge in [-0.1, -0.05) is 48.5 Å². The SMILES string of the molecule is COc1ccc(Cc2c(O[C@@H]3O[C@H](CO)[C@@H](O)[C@H](O)[C@H]3O)nn(-c3cccc(F)c3)c2-c2ccccc2)cc1. The number of ether oxygens (including phenoxy) is 3. The standard InChI is InChI=1S/C29H29FN2O7/c1-37-21-12-10-17(11-13-21)14-22-24(18-6-3-2-4-7-18)32(20-9-5-8-19(30)15-20)31-28(22)39-29-27(36)26(35)25(34)23(16-33)38-29/h2-13,15,23,25-27,29,33-36H,14,16H2,1H3/t23-,25-,26+,27-,29+/m1/s1. The van der Waals surface area contributed by atoms with Crippen LogP contribution in [0.3, 0.4) is 0 Å². The third-order valence-corrected chi connectivity index (χ3v) is 6.66. The minimum absolute atomic E-state index is 0.0678. The van der Waals surface area contributed by atoms with Crippen molar-refractivity contribution in [2.45, 2.75) is 37.1 Å². The summed E-state index contributed by atoms with van der Waals surface area (Å²) in [6.45, 7) is -0.601. The van der Waals surface area contributed by atoms with Crippen LogP contribution in [0.25, 0.3) is 16.9 Å². The van der Waals surface area contributed by atoms with Crippen molar-refractivity contribution in [2.75, 3.05) is 13.7 Å². The molecule has 9 nitrogen and oxygen atoms in total. The first kappa shape index (κ1) is 26.8. The fourth-order valence-electron chi connectivity index (χ4n) is 4.59. The van der Waals surface area contributed by atoms with E-state index >= 15 is 0 Å². The van der Waals surface area contributed by atoms with E-state index in [1.54, 1.807) is 23.9 Å². The van der Waals surface area contributed by atoms with Crippen molar-refractivity contribution in [1.82, 2.24) is 9.78 Å². The van der Waals surface area contributed by atoms with Gasteiger partial charge in [0, 0.05) is 17.5 Å².